The van der Waals surface area contributed by atoms with Crippen molar-refractivity contribution in [2.24, 2.45) is 0 Å². The van der Waals surface area contributed by atoms with Crippen LogP contribution in [0, 0.1) is 0 Å². The maximum Gasteiger partial charge on any atom is 0.160 e. The van der Waals surface area contributed by atoms with Crippen molar-refractivity contribution in [1.82, 2.24) is 28.2 Å². The van der Waals surface area contributed by atoms with E-state index in [1.54, 1.807) is 0 Å². The summed E-state index contributed by atoms with van der Waals surface area (Å²) < 4.78 is 9.79. The number of rotatable bonds is 9. The van der Waals surface area contributed by atoms with E-state index in [0.717, 1.165) is 72.6 Å². The number of fused-ring (bicyclic) bond motifs is 18. The zero-order chi connectivity index (χ0) is 70.3. The normalized spacial score (nSPS) is 13.4. The number of aromatic nitrogens is 6. The van der Waals surface area contributed by atoms with Crippen LogP contribution in [0.4, 0.5) is 0 Å². The number of para-hydroxylation sites is 4. The van der Waals surface area contributed by atoms with Crippen LogP contribution in [0.2, 0.25) is 0 Å². The minimum Gasteiger partial charge on any atom is -0.309 e. The lowest BCUT2D eigenvalue weighted by Gasteiger charge is -2.22. The van der Waals surface area contributed by atoms with Crippen LogP contribution >= 0.6 is 0 Å². The minimum absolute atomic E-state index is 0.107. The molecule has 0 amide bonds. The van der Waals surface area contributed by atoms with Gasteiger partial charge in [0, 0.05) is 93.4 Å². The van der Waals surface area contributed by atoms with Gasteiger partial charge >= 0.3 is 0 Å². The van der Waals surface area contributed by atoms with E-state index in [0.29, 0.717) is 5.82 Å². The predicted octanol–water partition coefficient (Wildman–Crippen LogP) is 25.8. The molecular weight excluding hydrogens is 1290 g/mol. The molecule has 0 fully saturated rings. The summed E-state index contributed by atoms with van der Waals surface area (Å²) in [7, 11) is 0. The molecule has 6 nitrogen and oxygen atoms in total. The van der Waals surface area contributed by atoms with Crippen LogP contribution in [0.25, 0.3) is 188 Å². The number of hydrogen-bond acceptors (Lipinski definition) is 2. The van der Waals surface area contributed by atoms with E-state index in [1.165, 1.54) is 132 Å². The molecule has 0 atom stereocenters. The smallest absolute Gasteiger partial charge is 0.160 e. The maximum atomic E-state index is 5.44. The van der Waals surface area contributed by atoms with Gasteiger partial charge in [-0.1, -0.05) is 252 Å². The monoisotopic (exact) mass is 1350 g/mol. The fourth-order valence-electron chi connectivity index (χ4n) is 18.4. The highest BCUT2D eigenvalue weighted by Crippen LogP contribution is 2.52. The van der Waals surface area contributed by atoms with Gasteiger partial charge in [-0.25, -0.2) is 9.97 Å². The van der Waals surface area contributed by atoms with Crippen molar-refractivity contribution in [3.63, 3.8) is 0 Å². The molecule has 0 bridgehead atoms. The lowest BCUT2D eigenvalue weighted by molar-refractivity contribution is 0.660. The van der Waals surface area contributed by atoms with Crippen LogP contribution in [0.1, 0.15) is 49.9 Å². The quantitative estimate of drug-likeness (QED) is 0.145. The van der Waals surface area contributed by atoms with Gasteiger partial charge in [0.25, 0.3) is 0 Å². The molecule has 0 spiro atoms. The predicted molar refractivity (Wildman–Crippen MR) is 442 cm³/mol. The van der Waals surface area contributed by atoms with Gasteiger partial charge in [-0.2, -0.15) is 0 Å². The molecule has 0 unspecified atom stereocenters. The Morgan fingerprint density at radius 3 is 0.981 bits per heavy atom. The third-order valence-corrected chi connectivity index (χ3v) is 23.6. The highest BCUT2D eigenvalue weighted by Gasteiger charge is 2.37. The molecule has 20 aromatic rings. The lowest BCUT2D eigenvalue weighted by Crippen LogP contribution is -2.15. The van der Waals surface area contributed by atoms with E-state index < -0.39 is 0 Å². The Bertz CT molecular complexity index is 6740. The van der Waals surface area contributed by atoms with Gasteiger partial charge in [-0.15, -0.1) is 0 Å². The molecule has 0 N–H and O–H groups in total. The molecule has 0 saturated carbocycles. The first-order valence-corrected chi connectivity index (χ1v) is 36.9. The second-order valence-corrected chi connectivity index (χ2v) is 30.1. The van der Waals surface area contributed by atoms with Crippen LogP contribution in [-0.2, 0) is 10.8 Å². The first kappa shape index (κ1) is 60.2. The molecule has 106 heavy (non-hydrogen) atoms. The minimum atomic E-state index is -0.107. The zero-order valence-electron chi connectivity index (χ0n) is 59.0. The van der Waals surface area contributed by atoms with Crippen molar-refractivity contribution in [2.75, 3.05) is 0 Å². The van der Waals surface area contributed by atoms with Crippen LogP contribution in [-0.4, -0.2) is 28.2 Å². The van der Waals surface area contributed by atoms with Gasteiger partial charge in [0.2, 0.25) is 0 Å². The average Bonchev–Trinajstić information content (AvgIpc) is 1.58. The Morgan fingerprint density at radius 1 is 0.198 bits per heavy atom. The summed E-state index contributed by atoms with van der Waals surface area (Å²) in [5.41, 5.74) is 33.6. The van der Waals surface area contributed by atoms with Gasteiger partial charge in [0.1, 0.15) is 0 Å². The van der Waals surface area contributed by atoms with E-state index in [4.69, 9.17) is 9.97 Å². The summed E-state index contributed by atoms with van der Waals surface area (Å²) in [6.07, 6.45) is 0. The zero-order valence-corrected chi connectivity index (χ0v) is 59.0. The Morgan fingerprint density at radius 2 is 0.528 bits per heavy atom. The van der Waals surface area contributed by atoms with E-state index in [2.05, 4.69) is 386 Å². The number of nitrogens with zero attached hydrogens (tertiary/aromatic N) is 6. The van der Waals surface area contributed by atoms with E-state index in [-0.39, 0.29) is 10.8 Å². The van der Waals surface area contributed by atoms with Gasteiger partial charge < -0.3 is 18.3 Å². The van der Waals surface area contributed by atoms with Gasteiger partial charge in [-0.05, 0) is 182 Å². The molecule has 0 aliphatic heterocycles. The van der Waals surface area contributed by atoms with E-state index in [1.807, 2.05) is 0 Å². The first-order chi connectivity index (χ1) is 52.1. The highest BCUT2D eigenvalue weighted by molar-refractivity contribution is 6.15. The summed E-state index contributed by atoms with van der Waals surface area (Å²) in [4.78, 5) is 10.9. The van der Waals surface area contributed by atoms with Gasteiger partial charge in [0.05, 0.1) is 55.5 Å². The average molecular weight is 1350 g/mol. The molecule has 5 heterocycles. The summed E-state index contributed by atoms with van der Waals surface area (Å²) in [5.74, 6) is 0.663. The number of benzene rings is 15. The van der Waals surface area contributed by atoms with Crippen LogP contribution < -0.4 is 0 Å². The van der Waals surface area contributed by atoms with Crippen molar-refractivity contribution >= 4 is 87.2 Å². The van der Waals surface area contributed by atoms with Gasteiger partial charge in [-0.3, -0.25) is 0 Å². The summed E-state index contributed by atoms with van der Waals surface area (Å²) >= 11 is 0. The van der Waals surface area contributed by atoms with Gasteiger partial charge in [0.15, 0.2) is 5.82 Å². The fourth-order valence-corrected chi connectivity index (χ4v) is 18.4. The van der Waals surface area contributed by atoms with Crippen LogP contribution in [0.15, 0.2) is 340 Å². The van der Waals surface area contributed by atoms with Crippen molar-refractivity contribution in [3.8, 4) is 101 Å². The third kappa shape index (κ3) is 8.85. The standard InChI is InChI=1S/C100H68N6/c1-99(2)84-34-14-8-28-72(84)74-48-44-70(58-86(74)99)103-92-38-18-12-32-78(92)82-54-62(42-50-94(82)103)64-40-46-80-76-30-10-16-36-90(76)105(96(80)56-64)68-26-20-24-66(52-68)88-60-89(102-98(101-88)61-22-6-5-7-23-61)67-25-21-27-69(53-67)106-91-37-17-11-31-77(91)81-47-41-65(57-97(81)106)63-43-51-95-83(55-63)79-33-13-19-39-93(79)104(95)71-45-49-75-73-29-9-15-35-85(73)100(3,4)87(75)59-71/h5-60H,1-4H3. The van der Waals surface area contributed by atoms with Crippen molar-refractivity contribution in [3.05, 3.63) is 362 Å². The topological polar surface area (TPSA) is 45.5 Å². The van der Waals surface area contributed by atoms with Crippen molar-refractivity contribution in [1.29, 1.82) is 0 Å². The van der Waals surface area contributed by atoms with E-state index in [9.17, 15) is 0 Å². The fraction of sp³-hybridized carbons (Fsp3) is 0.0600. The summed E-state index contributed by atoms with van der Waals surface area (Å²) in [5, 5.41) is 9.72. The Labute approximate surface area is 613 Å². The molecule has 22 rings (SSSR count). The highest BCUT2D eigenvalue weighted by atomic mass is 15.0. The second-order valence-electron chi connectivity index (χ2n) is 30.1. The molecule has 498 valence electrons. The number of hydrogen-bond donors (Lipinski definition) is 0. The molecule has 6 heteroatoms. The molecule has 5 aromatic heterocycles. The Balaban J connectivity index is 0.633. The second kappa shape index (κ2) is 22.5. The Kier molecular flexibility index (Phi) is 12.8. The molecule has 2 aliphatic carbocycles. The molecule has 0 saturated heterocycles. The Hall–Kier alpha value is -13.4. The largest absolute Gasteiger partial charge is 0.309 e. The van der Waals surface area contributed by atoms with Crippen molar-refractivity contribution in [2.45, 2.75) is 38.5 Å². The molecule has 15 aromatic carbocycles. The van der Waals surface area contributed by atoms with Crippen LogP contribution in [0.5, 0.6) is 0 Å². The molecular formula is C100H68N6. The van der Waals surface area contributed by atoms with E-state index >= 15 is 0 Å². The van der Waals surface area contributed by atoms with Crippen LogP contribution in [0.3, 0.4) is 0 Å². The maximum absolute atomic E-state index is 5.44. The van der Waals surface area contributed by atoms with Crippen molar-refractivity contribution < 1.29 is 0 Å². The third-order valence-electron chi connectivity index (χ3n) is 23.6. The molecule has 2 aliphatic rings. The lowest BCUT2D eigenvalue weighted by atomic mass is 9.82. The summed E-state index contributed by atoms with van der Waals surface area (Å²) in [6, 6.07) is 126. The SMILES string of the molecule is CC1(C)c2ccccc2-c2ccc(-n3c4ccccc4c4cc(-c5ccc6c7ccccc7n(-c7cccc(-c8cc(-c9cccc(-n%10c%11ccccc%11c%11ccc(-c%12ccc%13c(c%12)c%12ccccc%12n%13-c%12ccc%13c(c%12)C(C)(C)c%12ccccc%12-%13)cc%11%10)c9)nc(-c9ccccc9)n8)c7)c6c5)ccc43)cc21. The molecule has 0 radical (unpaired) electrons. The first-order valence-electron chi connectivity index (χ1n) is 36.9. The summed E-state index contributed by atoms with van der Waals surface area (Å²) in [6.45, 7) is 9.45.